The van der Waals surface area contributed by atoms with Crippen LogP contribution in [0.3, 0.4) is 0 Å². The van der Waals surface area contributed by atoms with Crippen LogP contribution in [0.4, 0.5) is 0 Å². The van der Waals surface area contributed by atoms with E-state index in [9.17, 15) is 4.79 Å². The lowest BCUT2D eigenvalue weighted by Gasteiger charge is -2.38. The van der Waals surface area contributed by atoms with Crippen LogP contribution in [0.2, 0.25) is 0 Å². The Morgan fingerprint density at radius 2 is 2.38 bits per heavy atom. The van der Waals surface area contributed by atoms with E-state index in [0.717, 1.165) is 19.3 Å². The number of aliphatic carboxylic acids is 1. The number of hydrogen-bond acceptors (Lipinski definition) is 2. The van der Waals surface area contributed by atoms with Crippen LogP contribution in [0, 0.1) is 5.41 Å². The molecule has 0 spiro atoms. The number of carboxylic acid groups (broad SMARTS) is 1. The van der Waals surface area contributed by atoms with Gasteiger partial charge in [-0.05, 0) is 19.3 Å². The Balaban J connectivity index is 2.85. The fraction of sp³-hybridized carbons (Fsp3) is 0.700. The van der Waals surface area contributed by atoms with Crippen LogP contribution in [-0.2, 0) is 4.79 Å². The molecule has 0 aromatic rings. The van der Waals surface area contributed by atoms with Crippen LogP contribution in [0.5, 0.6) is 0 Å². The van der Waals surface area contributed by atoms with E-state index in [1.807, 2.05) is 0 Å². The SMILES string of the molecule is C=CC[C@]1(C(=O)O)CCCC[C@@H]1N. The Hall–Kier alpha value is -0.830. The molecule has 3 nitrogen and oxygen atoms in total. The van der Waals surface area contributed by atoms with Gasteiger partial charge >= 0.3 is 5.97 Å². The van der Waals surface area contributed by atoms with Gasteiger partial charge in [0.2, 0.25) is 0 Å². The van der Waals surface area contributed by atoms with Gasteiger partial charge in [0.25, 0.3) is 0 Å². The number of rotatable bonds is 3. The van der Waals surface area contributed by atoms with Gasteiger partial charge in [-0.1, -0.05) is 18.9 Å². The summed E-state index contributed by atoms with van der Waals surface area (Å²) in [6.07, 6.45) is 5.68. The summed E-state index contributed by atoms with van der Waals surface area (Å²) in [5.41, 5.74) is 5.14. The molecular formula is C10H17NO2. The maximum absolute atomic E-state index is 11.1. The first-order chi connectivity index (χ1) is 6.13. The van der Waals surface area contributed by atoms with E-state index in [1.54, 1.807) is 6.08 Å². The summed E-state index contributed by atoms with van der Waals surface area (Å²) in [6, 6.07) is -0.211. The highest BCUT2D eigenvalue weighted by Gasteiger charge is 2.44. The first kappa shape index (κ1) is 10.3. The van der Waals surface area contributed by atoms with Crippen molar-refractivity contribution in [2.24, 2.45) is 11.1 Å². The zero-order chi connectivity index (χ0) is 9.90. The van der Waals surface area contributed by atoms with Crippen LogP contribution in [0.15, 0.2) is 12.7 Å². The molecule has 74 valence electrons. The zero-order valence-electron chi connectivity index (χ0n) is 7.83. The van der Waals surface area contributed by atoms with Crippen LogP contribution in [-0.4, -0.2) is 17.1 Å². The molecule has 0 amide bonds. The summed E-state index contributed by atoms with van der Waals surface area (Å²) >= 11 is 0. The van der Waals surface area contributed by atoms with Gasteiger partial charge in [-0.15, -0.1) is 6.58 Å². The minimum absolute atomic E-state index is 0.211. The van der Waals surface area contributed by atoms with E-state index in [1.165, 1.54) is 0 Å². The molecule has 1 fully saturated rings. The third-order valence-electron chi connectivity index (χ3n) is 3.03. The molecule has 0 aliphatic heterocycles. The Morgan fingerprint density at radius 1 is 1.69 bits per heavy atom. The predicted octanol–water partition coefficient (Wildman–Crippen LogP) is 1.53. The molecule has 3 heteroatoms. The second-order valence-corrected chi connectivity index (χ2v) is 3.81. The molecule has 13 heavy (non-hydrogen) atoms. The van der Waals surface area contributed by atoms with E-state index in [-0.39, 0.29) is 6.04 Å². The van der Waals surface area contributed by atoms with E-state index in [2.05, 4.69) is 6.58 Å². The average Bonchev–Trinajstić information content (AvgIpc) is 2.09. The molecule has 0 radical (unpaired) electrons. The molecule has 3 N–H and O–H groups in total. The van der Waals surface area contributed by atoms with Crippen LogP contribution in [0.1, 0.15) is 32.1 Å². The first-order valence-corrected chi connectivity index (χ1v) is 4.73. The second kappa shape index (κ2) is 3.92. The van der Waals surface area contributed by atoms with E-state index in [4.69, 9.17) is 10.8 Å². The Morgan fingerprint density at radius 3 is 2.85 bits per heavy atom. The zero-order valence-corrected chi connectivity index (χ0v) is 7.83. The minimum Gasteiger partial charge on any atom is -0.481 e. The van der Waals surface area contributed by atoms with Gasteiger partial charge in [-0.25, -0.2) is 0 Å². The summed E-state index contributed by atoms with van der Waals surface area (Å²) in [6.45, 7) is 3.60. The van der Waals surface area contributed by atoms with Crippen LogP contribution < -0.4 is 5.73 Å². The molecule has 1 aliphatic rings. The van der Waals surface area contributed by atoms with Crippen LogP contribution >= 0.6 is 0 Å². The van der Waals surface area contributed by atoms with Crippen molar-refractivity contribution in [2.75, 3.05) is 0 Å². The first-order valence-electron chi connectivity index (χ1n) is 4.73. The standard InChI is InChI=1S/C10H17NO2/c1-2-6-10(9(12)13)7-4-3-5-8(10)11/h2,8H,1,3-7,11H2,(H,12,13)/t8-,10-/m0/s1. The molecular weight excluding hydrogens is 166 g/mol. The third-order valence-corrected chi connectivity index (χ3v) is 3.03. The maximum Gasteiger partial charge on any atom is 0.311 e. The highest BCUT2D eigenvalue weighted by molar-refractivity contribution is 5.76. The largest absolute Gasteiger partial charge is 0.481 e. The molecule has 0 aromatic heterocycles. The third kappa shape index (κ3) is 1.75. The molecule has 0 unspecified atom stereocenters. The lowest BCUT2D eigenvalue weighted by molar-refractivity contribution is -0.152. The molecule has 1 saturated carbocycles. The van der Waals surface area contributed by atoms with E-state index < -0.39 is 11.4 Å². The Labute approximate surface area is 78.6 Å². The highest BCUT2D eigenvalue weighted by atomic mass is 16.4. The van der Waals surface area contributed by atoms with Crippen molar-refractivity contribution in [1.82, 2.24) is 0 Å². The highest BCUT2D eigenvalue weighted by Crippen LogP contribution is 2.38. The Bertz CT molecular complexity index is 215. The Kier molecular flexibility index (Phi) is 3.09. The van der Waals surface area contributed by atoms with Gasteiger partial charge in [0, 0.05) is 6.04 Å². The molecule has 1 rings (SSSR count). The molecule has 0 saturated heterocycles. The van der Waals surface area contributed by atoms with Crippen molar-refractivity contribution >= 4 is 5.97 Å². The van der Waals surface area contributed by atoms with Gasteiger partial charge < -0.3 is 10.8 Å². The van der Waals surface area contributed by atoms with Crippen molar-refractivity contribution in [2.45, 2.75) is 38.1 Å². The number of carboxylic acids is 1. The predicted molar refractivity (Wildman–Crippen MR) is 51.3 cm³/mol. The topological polar surface area (TPSA) is 63.3 Å². The number of carbonyl (C=O) groups is 1. The summed E-state index contributed by atoms with van der Waals surface area (Å²) in [7, 11) is 0. The van der Waals surface area contributed by atoms with Crippen molar-refractivity contribution in [3.05, 3.63) is 12.7 Å². The number of hydrogen-bond donors (Lipinski definition) is 2. The molecule has 0 bridgehead atoms. The summed E-state index contributed by atoms with van der Waals surface area (Å²) in [5.74, 6) is -0.764. The average molecular weight is 183 g/mol. The second-order valence-electron chi connectivity index (χ2n) is 3.81. The fourth-order valence-electron chi connectivity index (χ4n) is 2.13. The summed E-state index contributed by atoms with van der Waals surface area (Å²) in [5, 5.41) is 9.16. The van der Waals surface area contributed by atoms with Crippen molar-refractivity contribution in [3.8, 4) is 0 Å². The van der Waals surface area contributed by atoms with Gasteiger partial charge in [0.1, 0.15) is 0 Å². The quantitative estimate of drug-likeness (QED) is 0.652. The minimum atomic E-state index is -0.764. The van der Waals surface area contributed by atoms with Gasteiger partial charge in [-0.3, -0.25) is 4.79 Å². The fourth-order valence-corrected chi connectivity index (χ4v) is 2.13. The van der Waals surface area contributed by atoms with E-state index in [0.29, 0.717) is 12.8 Å². The summed E-state index contributed by atoms with van der Waals surface area (Å²) in [4.78, 5) is 11.1. The van der Waals surface area contributed by atoms with Crippen molar-refractivity contribution in [3.63, 3.8) is 0 Å². The number of nitrogens with two attached hydrogens (primary N) is 1. The molecule has 1 aliphatic carbocycles. The number of allylic oxidation sites excluding steroid dienone is 1. The normalized spacial score (nSPS) is 34.1. The van der Waals surface area contributed by atoms with Crippen molar-refractivity contribution < 1.29 is 9.90 Å². The lowest BCUT2D eigenvalue weighted by atomic mass is 9.68. The molecule has 0 heterocycles. The summed E-state index contributed by atoms with van der Waals surface area (Å²) < 4.78 is 0. The monoisotopic (exact) mass is 183 g/mol. The maximum atomic E-state index is 11.1. The molecule has 0 aromatic carbocycles. The van der Waals surface area contributed by atoms with Crippen molar-refractivity contribution in [1.29, 1.82) is 0 Å². The smallest absolute Gasteiger partial charge is 0.311 e. The van der Waals surface area contributed by atoms with Gasteiger partial charge in [0.05, 0.1) is 5.41 Å². The van der Waals surface area contributed by atoms with Gasteiger partial charge in [-0.2, -0.15) is 0 Å². The van der Waals surface area contributed by atoms with E-state index >= 15 is 0 Å². The van der Waals surface area contributed by atoms with Crippen LogP contribution in [0.25, 0.3) is 0 Å². The molecule has 2 atom stereocenters. The van der Waals surface area contributed by atoms with Gasteiger partial charge in [0.15, 0.2) is 0 Å². The lowest BCUT2D eigenvalue weighted by Crippen LogP contribution is -2.49.